The van der Waals surface area contributed by atoms with Gasteiger partial charge in [0.1, 0.15) is 25.3 Å². The van der Waals surface area contributed by atoms with Gasteiger partial charge in [0.05, 0.1) is 17.8 Å². The zero-order valence-electron chi connectivity index (χ0n) is 16.6. The topological polar surface area (TPSA) is 105 Å². The molecule has 0 aliphatic carbocycles. The van der Waals surface area contributed by atoms with Gasteiger partial charge >= 0.3 is 6.09 Å². The second-order valence-corrected chi connectivity index (χ2v) is 7.12. The van der Waals surface area contributed by atoms with Gasteiger partial charge in [-0.15, -0.1) is 0 Å². The monoisotopic (exact) mass is 453 g/mol. The van der Waals surface area contributed by atoms with Crippen LogP contribution in [0.4, 0.5) is 23.7 Å². The van der Waals surface area contributed by atoms with Crippen LogP contribution in [0.5, 0.6) is 5.88 Å². The summed E-state index contributed by atoms with van der Waals surface area (Å²) in [6, 6.07) is 2.18. The molecule has 1 saturated heterocycles. The van der Waals surface area contributed by atoms with Crippen LogP contribution in [0.25, 0.3) is 5.57 Å². The van der Waals surface area contributed by atoms with E-state index in [-0.39, 0.29) is 44.1 Å². The van der Waals surface area contributed by atoms with E-state index in [2.05, 4.69) is 9.68 Å². The summed E-state index contributed by atoms with van der Waals surface area (Å²) in [7, 11) is 0. The molecular formula is C20H18F3N3O6. The minimum absolute atomic E-state index is 0.0304. The van der Waals surface area contributed by atoms with Crippen molar-refractivity contribution in [2.75, 3.05) is 37.7 Å². The van der Waals surface area contributed by atoms with Gasteiger partial charge in [-0.25, -0.2) is 18.0 Å². The largest absolute Gasteiger partial charge is 0.471 e. The molecule has 32 heavy (non-hydrogen) atoms. The molecule has 0 bridgehead atoms. The number of aromatic nitrogens is 1. The van der Waals surface area contributed by atoms with Crippen molar-refractivity contribution < 1.29 is 41.9 Å². The zero-order valence-corrected chi connectivity index (χ0v) is 16.6. The fourth-order valence-electron chi connectivity index (χ4n) is 3.56. The Morgan fingerprint density at radius 1 is 1.31 bits per heavy atom. The van der Waals surface area contributed by atoms with Crippen molar-refractivity contribution in [3.63, 3.8) is 0 Å². The third kappa shape index (κ3) is 4.13. The second kappa shape index (κ2) is 8.91. The van der Waals surface area contributed by atoms with Crippen LogP contribution in [0.2, 0.25) is 0 Å². The molecule has 2 aliphatic rings. The number of cyclic esters (lactones) is 1. The van der Waals surface area contributed by atoms with E-state index in [9.17, 15) is 22.8 Å². The number of hydrogen-bond acceptors (Lipinski definition) is 7. The van der Waals surface area contributed by atoms with Crippen LogP contribution in [0, 0.1) is 17.5 Å². The molecule has 0 unspecified atom stereocenters. The summed E-state index contributed by atoms with van der Waals surface area (Å²) in [4.78, 5) is 25.8. The first-order valence-corrected chi connectivity index (χ1v) is 9.66. The summed E-state index contributed by atoms with van der Waals surface area (Å²) >= 11 is 0. The molecule has 170 valence electrons. The van der Waals surface area contributed by atoms with E-state index in [0.717, 1.165) is 11.0 Å². The highest BCUT2D eigenvalue weighted by Crippen LogP contribution is 2.35. The highest BCUT2D eigenvalue weighted by atomic mass is 19.2. The Morgan fingerprint density at radius 3 is 2.78 bits per heavy atom. The van der Waals surface area contributed by atoms with Gasteiger partial charge in [-0.2, -0.15) is 0 Å². The molecule has 2 aromatic rings. The van der Waals surface area contributed by atoms with Crippen molar-refractivity contribution in [1.29, 1.82) is 0 Å². The molecule has 4 rings (SSSR count). The maximum absolute atomic E-state index is 14.8. The van der Waals surface area contributed by atoms with Gasteiger partial charge in [0, 0.05) is 25.2 Å². The van der Waals surface area contributed by atoms with Gasteiger partial charge in [0.25, 0.3) is 5.88 Å². The lowest BCUT2D eigenvalue weighted by atomic mass is 9.97. The maximum Gasteiger partial charge on any atom is 0.414 e. The smallest absolute Gasteiger partial charge is 0.414 e. The van der Waals surface area contributed by atoms with Gasteiger partial charge in [-0.3, -0.25) is 9.69 Å². The molecule has 1 aromatic heterocycles. The number of benzene rings is 1. The summed E-state index contributed by atoms with van der Waals surface area (Å²) in [5.74, 6) is -4.25. The number of aliphatic hydroxyl groups excluding tert-OH is 1. The van der Waals surface area contributed by atoms with Crippen molar-refractivity contribution >= 4 is 23.3 Å². The van der Waals surface area contributed by atoms with Gasteiger partial charge in [0.2, 0.25) is 5.91 Å². The molecule has 2 aliphatic heterocycles. The van der Waals surface area contributed by atoms with Gasteiger partial charge in [-0.1, -0.05) is 6.08 Å². The Labute approximate surface area is 179 Å². The van der Waals surface area contributed by atoms with Crippen molar-refractivity contribution in [2.24, 2.45) is 0 Å². The highest BCUT2D eigenvalue weighted by molar-refractivity contribution is 5.90. The van der Waals surface area contributed by atoms with Crippen LogP contribution in [0.15, 0.2) is 29.0 Å². The van der Waals surface area contributed by atoms with E-state index in [4.69, 9.17) is 14.6 Å². The van der Waals surface area contributed by atoms with Crippen molar-refractivity contribution in [3.8, 4) is 5.88 Å². The van der Waals surface area contributed by atoms with E-state index < -0.39 is 53.4 Å². The third-order valence-corrected chi connectivity index (χ3v) is 5.15. The molecule has 0 saturated carbocycles. The van der Waals surface area contributed by atoms with Crippen LogP contribution in [0.3, 0.4) is 0 Å². The fourth-order valence-corrected chi connectivity index (χ4v) is 3.56. The van der Waals surface area contributed by atoms with Crippen LogP contribution in [0.1, 0.15) is 12.0 Å². The summed E-state index contributed by atoms with van der Waals surface area (Å²) in [5.41, 5.74) is -0.956. The van der Waals surface area contributed by atoms with E-state index in [0.29, 0.717) is 0 Å². The number of anilines is 1. The molecule has 2 amide bonds. The summed E-state index contributed by atoms with van der Waals surface area (Å²) in [6.45, 7) is -0.824. The number of halogens is 3. The molecule has 3 heterocycles. The lowest BCUT2D eigenvalue weighted by Crippen LogP contribution is -2.36. The molecule has 0 spiro atoms. The number of carbonyl (C=O) groups is 2. The van der Waals surface area contributed by atoms with Crippen LogP contribution >= 0.6 is 0 Å². The second-order valence-electron chi connectivity index (χ2n) is 7.12. The van der Waals surface area contributed by atoms with Crippen LogP contribution in [-0.4, -0.2) is 66.1 Å². The zero-order chi connectivity index (χ0) is 22.8. The molecule has 1 aromatic carbocycles. The van der Waals surface area contributed by atoms with E-state index in [1.54, 1.807) is 0 Å². The molecule has 1 fully saturated rings. The minimum atomic E-state index is -1.44. The average molecular weight is 453 g/mol. The van der Waals surface area contributed by atoms with Crippen molar-refractivity contribution in [3.05, 3.63) is 47.5 Å². The minimum Gasteiger partial charge on any atom is -0.471 e. The van der Waals surface area contributed by atoms with Crippen LogP contribution in [-0.2, 0) is 9.53 Å². The molecule has 1 N–H and O–H groups in total. The Balaban J connectivity index is 1.52. The Kier molecular flexibility index (Phi) is 6.04. The van der Waals surface area contributed by atoms with Gasteiger partial charge in [-0.05, 0) is 17.2 Å². The van der Waals surface area contributed by atoms with E-state index >= 15 is 0 Å². The number of carbonyl (C=O) groups excluding carboxylic acids is 2. The lowest BCUT2D eigenvalue weighted by molar-refractivity contribution is -0.133. The third-order valence-electron chi connectivity index (χ3n) is 5.15. The lowest BCUT2D eigenvalue weighted by Gasteiger charge is -2.26. The first-order valence-electron chi connectivity index (χ1n) is 9.66. The highest BCUT2D eigenvalue weighted by Gasteiger charge is 2.36. The van der Waals surface area contributed by atoms with E-state index in [1.165, 1.54) is 23.3 Å². The SMILES string of the molecule is O=C(CO)N1CC=C(c2c(F)cc(N3C[C@H](COc4ccon4)OC3=O)c(F)c2F)CC1. The normalized spacial score (nSPS) is 18.6. The van der Waals surface area contributed by atoms with Gasteiger partial charge in [0.15, 0.2) is 17.7 Å². The molecule has 1 atom stereocenters. The molecule has 0 radical (unpaired) electrons. The van der Waals surface area contributed by atoms with Crippen LogP contribution < -0.4 is 9.64 Å². The predicted molar refractivity (Wildman–Crippen MR) is 102 cm³/mol. The number of amides is 2. The Bertz CT molecular complexity index is 1060. The molecule has 9 nitrogen and oxygen atoms in total. The summed E-state index contributed by atoms with van der Waals surface area (Å²) < 4.78 is 59.5. The fraction of sp³-hybridized carbons (Fsp3) is 0.350. The maximum atomic E-state index is 14.8. The number of hydrogen-bond donors (Lipinski definition) is 1. The first-order chi connectivity index (χ1) is 15.4. The number of rotatable bonds is 6. The Hall–Kier alpha value is -3.54. The number of nitrogens with zero attached hydrogens (tertiary/aromatic N) is 3. The average Bonchev–Trinajstić information content (AvgIpc) is 3.44. The summed E-state index contributed by atoms with van der Waals surface area (Å²) in [5, 5.41) is 12.4. The molecule has 12 heteroatoms. The van der Waals surface area contributed by atoms with Crippen molar-refractivity contribution in [2.45, 2.75) is 12.5 Å². The standard InChI is InChI=1S/C20H18F3N3O6/c21-13-7-14(26-8-12(32-20(26)29)10-30-15-3-6-31-24-15)18(22)19(23)17(13)11-1-4-25(5-2-11)16(28)9-27/h1,3,6-7,12,27H,2,4-5,8-10H2/t12-/m1/s1. The predicted octanol–water partition coefficient (Wildman–Crippen LogP) is 2.10. The Morgan fingerprint density at radius 2 is 2.12 bits per heavy atom. The van der Waals surface area contributed by atoms with E-state index in [1.807, 2.05) is 0 Å². The number of ether oxygens (including phenoxy) is 2. The first kappa shape index (κ1) is 21.7. The summed E-state index contributed by atoms with van der Waals surface area (Å²) in [6.07, 6.45) is 0.971. The number of aliphatic hydroxyl groups is 1. The van der Waals surface area contributed by atoms with Gasteiger partial charge < -0.3 is 24.0 Å². The van der Waals surface area contributed by atoms with Crippen molar-refractivity contribution in [1.82, 2.24) is 10.1 Å². The quantitative estimate of drug-likeness (QED) is 0.668. The molecular weight excluding hydrogens is 435 g/mol.